The molecule has 0 amide bonds. The number of nitrogens with zero attached hydrogens (tertiary/aromatic N) is 2. The van der Waals surface area contributed by atoms with E-state index in [4.69, 9.17) is 20.9 Å². The van der Waals surface area contributed by atoms with Gasteiger partial charge in [0.15, 0.2) is 0 Å². The first kappa shape index (κ1) is 65.0. The van der Waals surface area contributed by atoms with E-state index in [2.05, 4.69) is 128 Å². The molecule has 0 bridgehead atoms. The van der Waals surface area contributed by atoms with Crippen molar-refractivity contribution >= 4 is 426 Å². The van der Waals surface area contributed by atoms with Crippen molar-refractivity contribution < 1.29 is 29.8 Å². The molecule has 37 heavy (non-hydrogen) atoms. The average molecular weight is 791 g/mol. The second-order valence-corrected chi connectivity index (χ2v) is 18.5. The van der Waals surface area contributed by atoms with E-state index in [9.17, 15) is 0 Å². The third-order valence-electron chi connectivity index (χ3n) is 5.60. The van der Waals surface area contributed by atoms with Crippen LogP contribution in [0.1, 0.15) is 32.1 Å². The Morgan fingerprint density at radius 1 is 0.405 bits per heavy atom. The SMILES string of the molecule is C[N+](C)(CCCC[Si]([O][Al])([O][Al])[O][Al])CCC[N+](C)(C)CCCC[Si]([O][Al])([O][Al])[O][Al].[K].[K].[K].[K].[K].[K]. The minimum absolute atomic E-state index is 0. The fourth-order valence-electron chi connectivity index (χ4n) is 3.43. The summed E-state index contributed by atoms with van der Waals surface area (Å²) >= 11 is 13.6. The first-order valence-corrected chi connectivity index (χ1v) is 17.1. The van der Waals surface area contributed by atoms with Crippen LogP contribution in [0.4, 0.5) is 0 Å². The van der Waals surface area contributed by atoms with Gasteiger partial charge >= 0.3 is 117 Å². The number of hydrogen-bond donors (Lipinski definition) is 0. The molecule has 170 valence electrons. The van der Waals surface area contributed by atoms with Gasteiger partial charge in [-0.2, -0.15) is 0 Å². The van der Waals surface area contributed by atoms with Crippen LogP contribution >= 0.6 is 0 Å². The Morgan fingerprint density at radius 2 is 0.622 bits per heavy atom. The zero-order chi connectivity index (χ0) is 24.0. The Hall–Kier alpha value is 13.1. The molecular weight excluding hydrogens is 757 g/mol. The number of quaternary nitrogens is 2. The van der Waals surface area contributed by atoms with Crippen molar-refractivity contribution in [1.82, 2.24) is 0 Å². The summed E-state index contributed by atoms with van der Waals surface area (Å²) in [4.78, 5) is 0. The number of unbranched alkanes of at least 4 members (excludes halogenated alkanes) is 2. The molecule has 0 spiro atoms. The van der Waals surface area contributed by atoms with Crippen molar-refractivity contribution in [2.24, 2.45) is 0 Å². The molecule has 0 aliphatic carbocycles. The quantitative estimate of drug-likeness (QED) is 0.0761. The van der Waals surface area contributed by atoms with Crippen LogP contribution in [0.2, 0.25) is 12.1 Å². The van der Waals surface area contributed by atoms with E-state index in [1.165, 1.54) is 19.5 Å². The summed E-state index contributed by atoms with van der Waals surface area (Å²) in [6.45, 7) is 4.61. The monoisotopic (exact) mass is 790 g/mol. The summed E-state index contributed by atoms with van der Waals surface area (Å²) in [7, 11) is 4.16. The van der Waals surface area contributed by atoms with Gasteiger partial charge in [0.05, 0.1) is 54.4 Å². The fraction of sp³-hybridized carbons (Fsp3) is 1.00. The third kappa shape index (κ3) is 33.4. The fourth-order valence-corrected chi connectivity index (χ4v) is 12.0. The van der Waals surface area contributed by atoms with Crippen LogP contribution < -0.4 is 0 Å². The van der Waals surface area contributed by atoms with E-state index < -0.39 is 17.6 Å². The van der Waals surface area contributed by atoms with Gasteiger partial charge < -0.3 is 29.8 Å². The van der Waals surface area contributed by atoms with Crippen LogP contribution in [0.25, 0.3) is 0 Å². The summed E-state index contributed by atoms with van der Waals surface area (Å²) < 4.78 is 34.4. The zero-order valence-electron chi connectivity index (χ0n) is 25.6. The van der Waals surface area contributed by atoms with Crippen LogP contribution in [0.15, 0.2) is 0 Å². The largest absolute Gasteiger partial charge is 0.520 e. The predicted octanol–water partition coefficient (Wildman–Crippen LogP) is -2.72. The van der Waals surface area contributed by atoms with E-state index in [0.717, 1.165) is 59.8 Å². The molecule has 0 aromatic rings. The van der Waals surface area contributed by atoms with E-state index in [0.29, 0.717) is 0 Å². The summed E-state index contributed by atoms with van der Waals surface area (Å²) in [5, 5.41) is 0. The van der Waals surface area contributed by atoms with Gasteiger partial charge in [0.25, 0.3) is 0 Å². The molecule has 0 fully saturated rings. The normalized spacial score (nSPS) is 11.4. The average Bonchev–Trinajstić information content (AvgIpc) is 2.75. The van der Waals surface area contributed by atoms with E-state index in [1.54, 1.807) is 0 Å². The molecule has 0 atom stereocenters. The second kappa shape index (κ2) is 38.8. The Balaban J connectivity index is -0.000000300. The molecule has 18 radical (unpaired) electrons. The first-order valence-electron chi connectivity index (χ1n) is 10.4. The van der Waals surface area contributed by atoms with Gasteiger partial charge in [-0.3, -0.25) is 0 Å². The molecule has 22 heteroatoms. The minimum atomic E-state index is -2.54. The molecule has 0 aliphatic rings. The molecule has 0 N–H and O–H groups in total. The molecule has 0 rings (SSSR count). The van der Waals surface area contributed by atoms with Crippen LogP contribution in [0, 0.1) is 0 Å². The first-order chi connectivity index (χ1) is 14.5. The van der Waals surface area contributed by atoms with Crippen molar-refractivity contribution in [2.45, 2.75) is 44.2 Å². The molecule has 0 aliphatic heterocycles. The summed E-state index contributed by atoms with van der Waals surface area (Å²) in [5.74, 6) is 0. The number of rotatable bonds is 20. The molecule has 0 saturated heterocycles. The third-order valence-corrected chi connectivity index (χ3v) is 16.1. The molecule has 0 saturated carbocycles. The molecular formula is C15H34Al6K6N2O6Si2+2. The summed E-state index contributed by atoms with van der Waals surface area (Å²) in [5.41, 5.74) is 0. The standard InChI is InChI=1S/C15H34N2O6Si2.6Al.6K/c1-16(2,10-5-7-14-24(18,19)20)12-9-13-17(3,4)11-6-8-15-25(21,22)23;;;;;;;;;;;;/h5-15H2,1-4H3;;;;;;;;;;;;/q-4;6*+1;;;;;;. The Labute approximate surface area is 537 Å². The Bertz CT molecular complexity index is 446. The maximum absolute atomic E-state index is 5.39. The van der Waals surface area contributed by atoms with Gasteiger partial charge in [0.2, 0.25) is 0 Å². The van der Waals surface area contributed by atoms with Crippen molar-refractivity contribution in [3.63, 3.8) is 0 Å². The van der Waals surface area contributed by atoms with Crippen LogP contribution in [-0.2, 0) is 20.9 Å². The van der Waals surface area contributed by atoms with E-state index in [-0.39, 0.29) is 308 Å². The maximum atomic E-state index is 5.39. The zero-order valence-corrected chi connectivity index (χ0v) is 53.3. The Kier molecular flexibility index (Phi) is 68.3. The van der Waals surface area contributed by atoms with Crippen LogP contribution in [0.3, 0.4) is 0 Å². The minimum Gasteiger partial charge on any atom is -0.520 e. The van der Waals surface area contributed by atoms with Gasteiger partial charge in [0, 0.05) is 327 Å². The van der Waals surface area contributed by atoms with Crippen molar-refractivity contribution in [1.29, 1.82) is 0 Å². The van der Waals surface area contributed by atoms with Gasteiger partial charge in [-0.1, -0.05) is 0 Å². The summed E-state index contributed by atoms with van der Waals surface area (Å²) in [6, 6.07) is 1.62. The topological polar surface area (TPSA) is 55.4 Å². The molecule has 8 nitrogen and oxygen atoms in total. The van der Waals surface area contributed by atoms with Crippen LogP contribution in [-0.4, -0.2) is 489 Å². The molecule has 0 unspecified atom stereocenters. The smallest absolute Gasteiger partial charge is 0.410 e. The number of hydrogen-bond acceptors (Lipinski definition) is 6. The van der Waals surface area contributed by atoms with Gasteiger partial charge in [-0.25, -0.2) is 0 Å². The van der Waals surface area contributed by atoms with Gasteiger partial charge in [-0.05, 0) is 25.7 Å². The maximum Gasteiger partial charge on any atom is 0.410 e. The molecule has 0 aromatic heterocycles. The molecule has 0 aromatic carbocycles. The van der Waals surface area contributed by atoms with E-state index in [1.807, 2.05) is 0 Å². The summed E-state index contributed by atoms with van der Waals surface area (Å²) in [6.07, 6.45) is 5.49. The van der Waals surface area contributed by atoms with Gasteiger partial charge in [0.1, 0.15) is 0 Å². The molecule has 0 heterocycles. The Morgan fingerprint density at radius 3 is 0.838 bits per heavy atom. The van der Waals surface area contributed by atoms with Crippen molar-refractivity contribution in [2.75, 3.05) is 54.4 Å². The van der Waals surface area contributed by atoms with Gasteiger partial charge in [-0.15, -0.1) is 0 Å². The van der Waals surface area contributed by atoms with Crippen molar-refractivity contribution in [3.05, 3.63) is 0 Å². The second-order valence-electron chi connectivity index (χ2n) is 9.11. The predicted molar refractivity (Wildman–Crippen MR) is 163 cm³/mol. The van der Waals surface area contributed by atoms with Crippen molar-refractivity contribution in [3.8, 4) is 0 Å². The van der Waals surface area contributed by atoms with E-state index >= 15 is 0 Å². The van der Waals surface area contributed by atoms with Crippen LogP contribution in [0.5, 0.6) is 0 Å².